The van der Waals surface area contributed by atoms with E-state index in [2.05, 4.69) is 39.0 Å². The summed E-state index contributed by atoms with van der Waals surface area (Å²) in [5.41, 5.74) is 2.29. The van der Waals surface area contributed by atoms with Crippen molar-refractivity contribution >= 4 is 39.0 Å². The van der Waals surface area contributed by atoms with Gasteiger partial charge in [-0.25, -0.2) is 4.21 Å². The highest BCUT2D eigenvalue weighted by atomic mass is 35.5. The van der Waals surface area contributed by atoms with Crippen LogP contribution < -0.4 is 14.4 Å². The molecule has 1 N–H and O–H groups in total. The fourth-order valence-corrected chi connectivity index (χ4v) is 8.53. The van der Waals surface area contributed by atoms with Gasteiger partial charge in [0.1, 0.15) is 11.4 Å². The summed E-state index contributed by atoms with van der Waals surface area (Å²) in [5, 5.41) is 4.96. The maximum atomic E-state index is 15.0. The number of fused-ring (bicyclic) bond motifs is 1. The Hall–Kier alpha value is -3.71. The molecule has 51 heavy (non-hydrogen) atoms. The predicted octanol–water partition coefficient (Wildman–Crippen LogP) is 6.81. The minimum absolute atomic E-state index is 0.00489. The van der Waals surface area contributed by atoms with E-state index in [9.17, 15) is 9.59 Å². The van der Waals surface area contributed by atoms with Gasteiger partial charge in [-0.2, -0.15) is 5.10 Å². The molecule has 11 nitrogen and oxygen atoms in total. The quantitative estimate of drug-likeness (QED) is 0.262. The van der Waals surface area contributed by atoms with Crippen molar-refractivity contribution in [3.05, 3.63) is 82.2 Å². The second-order valence-electron chi connectivity index (χ2n) is 13.7. The Labute approximate surface area is 307 Å². The summed E-state index contributed by atoms with van der Waals surface area (Å²) in [6.45, 7) is 10.9. The van der Waals surface area contributed by atoms with Crippen molar-refractivity contribution in [3.63, 3.8) is 0 Å². The third-order valence-corrected chi connectivity index (χ3v) is 11.7. The largest absolute Gasteiger partial charge is 0.491 e. The standard InChI is InChI=1S/C38H50ClN5O6S/c1-8-11-27-20-29(39)13-15-31(27)28-22-44-18-17-26(9-2)34(48-7)12-10-19-50-38(4,5)37(46)42-51(47,30-14-16-35(49-24-28)33(44)21-30)41-36(45)32-23-43(6)40-25(32)3/h10,12-16,20-21,23,26,28,34H,8-9,11,17-19,22,24H2,1-7H3,(H,41,42,45,46,47)/b12-10+. The molecule has 2 amide bonds. The molecule has 276 valence electrons. The van der Waals surface area contributed by atoms with Gasteiger partial charge >= 0.3 is 0 Å². The van der Waals surface area contributed by atoms with E-state index < -0.39 is 27.3 Å². The van der Waals surface area contributed by atoms with E-state index in [0.29, 0.717) is 41.8 Å². The SMILES string of the molecule is CCCc1cc(Cl)ccc1C1COc2ccc3cc2N(CCC(CC)C(OC)/C=C/COC(C)(C)C(=O)N=S3(=O)NC(=O)c2cn(C)nc2C)C1. The molecule has 3 aromatic rings. The van der Waals surface area contributed by atoms with Crippen LogP contribution in [0.2, 0.25) is 5.02 Å². The van der Waals surface area contributed by atoms with E-state index in [-0.39, 0.29) is 35.0 Å². The van der Waals surface area contributed by atoms with Crippen molar-refractivity contribution in [2.75, 3.05) is 38.3 Å². The van der Waals surface area contributed by atoms with Gasteiger partial charge in [0.05, 0.1) is 41.2 Å². The molecule has 5 rings (SSSR count). The number of nitrogens with zero attached hydrogens (tertiary/aromatic N) is 4. The summed E-state index contributed by atoms with van der Waals surface area (Å²) in [4.78, 5) is 29.9. The number of anilines is 1. The van der Waals surface area contributed by atoms with Crippen LogP contribution in [0.1, 0.15) is 80.1 Å². The Morgan fingerprint density at radius 3 is 2.67 bits per heavy atom. The molecule has 0 aliphatic carbocycles. The number of aromatic nitrogens is 2. The van der Waals surface area contributed by atoms with E-state index in [1.54, 1.807) is 53.1 Å². The highest BCUT2D eigenvalue weighted by molar-refractivity contribution is 7.92. The molecule has 2 bridgehead atoms. The van der Waals surface area contributed by atoms with E-state index in [1.807, 2.05) is 24.3 Å². The first-order valence-corrected chi connectivity index (χ1v) is 19.4. The third kappa shape index (κ3) is 8.85. The van der Waals surface area contributed by atoms with Crippen molar-refractivity contribution in [2.45, 2.75) is 82.8 Å². The molecule has 0 saturated heterocycles. The smallest absolute Gasteiger partial charge is 0.287 e. The van der Waals surface area contributed by atoms with Crippen molar-refractivity contribution < 1.29 is 28.0 Å². The molecule has 2 aromatic carbocycles. The number of methoxy groups -OCH3 is 1. The number of rotatable bonds is 7. The van der Waals surface area contributed by atoms with Crippen molar-refractivity contribution in [1.29, 1.82) is 0 Å². The van der Waals surface area contributed by atoms with Crippen molar-refractivity contribution in [1.82, 2.24) is 14.5 Å². The van der Waals surface area contributed by atoms with E-state index in [0.717, 1.165) is 25.7 Å². The average Bonchev–Trinajstić information content (AvgIpc) is 3.33. The Kier molecular flexibility index (Phi) is 12.3. The van der Waals surface area contributed by atoms with E-state index in [1.165, 1.54) is 22.0 Å². The van der Waals surface area contributed by atoms with Crippen LogP contribution in [-0.4, -0.2) is 70.9 Å². The molecule has 0 fully saturated rings. The first kappa shape index (κ1) is 38.5. The molecule has 13 heteroatoms. The summed E-state index contributed by atoms with van der Waals surface area (Å²) in [5.74, 6) is -0.652. The number of carbonyl (C=O) groups excluding carboxylic acids is 2. The van der Waals surface area contributed by atoms with Gasteiger partial charge in [0.25, 0.3) is 11.8 Å². The number of hydrogen-bond acceptors (Lipinski definition) is 8. The van der Waals surface area contributed by atoms with Crippen LogP contribution in [0.5, 0.6) is 5.75 Å². The molecular formula is C38H50ClN5O6S. The van der Waals surface area contributed by atoms with Crippen LogP contribution in [0.4, 0.5) is 5.69 Å². The summed E-state index contributed by atoms with van der Waals surface area (Å²) in [6, 6.07) is 11.1. The number of hydrogen-bond donors (Lipinski definition) is 1. The minimum Gasteiger partial charge on any atom is -0.491 e. The number of amides is 2. The van der Waals surface area contributed by atoms with Gasteiger partial charge in [0.15, 0.2) is 9.92 Å². The van der Waals surface area contributed by atoms with E-state index >= 15 is 4.21 Å². The maximum absolute atomic E-state index is 15.0. The molecule has 1 aromatic heterocycles. The molecule has 0 saturated carbocycles. The maximum Gasteiger partial charge on any atom is 0.287 e. The van der Waals surface area contributed by atoms with Gasteiger partial charge in [-0.1, -0.05) is 56.5 Å². The van der Waals surface area contributed by atoms with Crippen molar-refractivity contribution in [3.8, 4) is 5.75 Å². The molecule has 4 unspecified atom stereocenters. The van der Waals surface area contributed by atoms with Gasteiger partial charge < -0.3 is 19.1 Å². The van der Waals surface area contributed by atoms with Gasteiger partial charge in [-0.05, 0) is 81.0 Å². The van der Waals surface area contributed by atoms with Gasteiger partial charge in [-0.15, -0.1) is 4.36 Å². The predicted molar refractivity (Wildman–Crippen MR) is 200 cm³/mol. The van der Waals surface area contributed by atoms with Gasteiger partial charge in [0, 0.05) is 44.4 Å². The molecule has 4 atom stereocenters. The summed E-state index contributed by atoms with van der Waals surface area (Å²) in [6.07, 6.45) is 8.71. The lowest BCUT2D eigenvalue weighted by Crippen LogP contribution is -2.38. The van der Waals surface area contributed by atoms with Crippen LogP contribution in [0.3, 0.4) is 0 Å². The molecule has 0 radical (unpaired) electrons. The zero-order chi connectivity index (χ0) is 36.9. The minimum atomic E-state index is -3.89. The lowest BCUT2D eigenvalue weighted by atomic mass is 9.91. The fraction of sp³-hybridized carbons (Fsp3) is 0.500. The number of aryl methyl sites for hydroxylation is 3. The Morgan fingerprint density at radius 2 is 1.98 bits per heavy atom. The summed E-state index contributed by atoms with van der Waals surface area (Å²) >= 11 is 6.45. The second-order valence-corrected chi connectivity index (χ2v) is 16.1. The van der Waals surface area contributed by atoms with Crippen LogP contribution in [-0.2, 0) is 37.7 Å². The van der Waals surface area contributed by atoms with Gasteiger partial charge in [0.2, 0.25) is 0 Å². The van der Waals surface area contributed by atoms with Crippen LogP contribution >= 0.6 is 11.6 Å². The zero-order valence-corrected chi connectivity index (χ0v) is 32.2. The molecule has 2 aliphatic rings. The van der Waals surface area contributed by atoms with E-state index in [4.69, 9.17) is 25.8 Å². The zero-order valence-electron chi connectivity index (χ0n) is 30.6. The van der Waals surface area contributed by atoms with Crippen LogP contribution in [0.15, 0.2) is 64.0 Å². The lowest BCUT2D eigenvalue weighted by molar-refractivity contribution is -0.137. The number of ether oxygens (including phenoxy) is 3. The molecule has 2 aliphatic heterocycles. The number of nitrogens with one attached hydrogen (secondary N) is 1. The highest BCUT2D eigenvalue weighted by Gasteiger charge is 2.34. The van der Waals surface area contributed by atoms with Crippen LogP contribution in [0.25, 0.3) is 0 Å². The van der Waals surface area contributed by atoms with Crippen LogP contribution in [0, 0.1) is 12.8 Å². The summed E-state index contributed by atoms with van der Waals surface area (Å²) < 4.78 is 41.8. The Balaban J connectivity index is 1.66. The number of benzene rings is 2. The third-order valence-electron chi connectivity index (χ3n) is 9.65. The Morgan fingerprint density at radius 1 is 1.20 bits per heavy atom. The van der Waals surface area contributed by atoms with Gasteiger partial charge in [-0.3, -0.25) is 19.0 Å². The first-order valence-electron chi connectivity index (χ1n) is 17.6. The number of carbonyl (C=O) groups is 2. The fourth-order valence-electron chi connectivity index (χ4n) is 6.73. The first-order chi connectivity index (χ1) is 24.3. The summed E-state index contributed by atoms with van der Waals surface area (Å²) in [7, 11) is -0.497. The molecular weight excluding hydrogens is 690 g/mol. The van der Waals surface area contributed by atoms with Crippen molar-refractivity contribution in [2.24, 2.45) is 17.3 Å². The molecule has 0 spiro atoms. The second kappa shape index (κ2) is 16.3. The Bertz CT molecular complexity index is 1900. The monoisotopic (exact) mass is 739 g/mol. The number of halogens is 1. The lowest BCUT2D eigenvalue weighted by Gasteiger charge is -2.31. The molecule has 3 heterocycles. The average molecular weight is 740 g/mol. The topological polar surface area (TPSA) is 124 Å². The normalized spacial score (nSPS) is 24.6. The highest BCUT2D eigenvalue weighted by Crippen LogP contribution is 2.39.